The molecule has 1 fully saturated rings. The summed E-state index contributed by atoms with van der Waals surface area (Å²) < 4.78 is 5.37. The van der Waals surface area contributed by atoms with Gasteiger partial charge in [-0.05, 0) is 19.8 Å². The van der Waals surface area contributed by atoms with E-state index < -0.39 is 0 Å². The first-order valence-corrected chi connectivity index (χ1v) is 4.99. The molecule has 72 valence electrons. The van der Waals surface area contributed by atoms with E-state index in [0.717, 1.165) is 18.2 Å². The van der Waals surface area contributed by atoms with Gasteiger partial charge in [0.2, 0.25) is 5.89 Å². The fraction of sp³-hybridized carbons (Fsp3) is 0.700. The Morgan fingerprint density at radius 3 is 2.92 bits per heavy atom. The molecule has 0 radical (unpaired) electrons. The number of hydrogen-bond acceptors (Lipinski definition) is 3. The van der Waals surface area contributed by atoms with E-state index in [1.807, 2.05) is 6.92 Å². The van der Waals surface area contributed by atoms with Crippen molar-refractivity contribution in [2.24, 2.45) is 0 Å². The average molecular weight is 180 g/mol. The molecule has 0 aromatic carbocycles. The van der Waals surface area contributed by atoms with Crippen molar-refractivity contribution in [1.29, 1.82) is 0 Å². The molecule has 0 unspecified atom stereocenters. The van der Waals surface area contributed by atoms with Gasteiger partial charge in [-0.25, -0.2) is 4.98 Å². The van der Waals surface area contributed by atoms with Gasteiger partial charge >= 0.3 is 0 Å². The lowest BCUT2D eigenvalue weighted by Gasteiger charge is -2.08. The van der Waals surface area contributed by atoms with Crippen LogP contribution in [0.3, 0.4) is 0 Å². The van der Waals surface area contributed by atoms with Crippen LogP contribution >= 0.6 is 0 Å². The van der Waals surface area contributed by atoms with Crippen LogP contribution < -0.4 is 5.32 Å². The summed E-state index contributed by atoms with van der Waals surface area (Å²) in [5.41, 5.74) is 0. The minimum Gasteiger partial charge on any atom is -0.445 e. The van der Waals surface area contributed by atoms with Crippen LogP contribution in [0.4, 0.5) is 0 Å². The zero-order valence-electron chi connectivity index (χ0n) is 8.05. The monoisotopic (exact) mass is 180 g/mol. The van der Waals surface area contributed by atoms with Crippen molar-refractivity contribution in [3.05, 3.63) is 17.8 Å². The van der Waals surface area contributed by atoms with Crippen LogP contribution in [0.15, 0.2) is 10.6 Å². The molecular formula is C10H16N2O. The molecule has 1 aliphatic carbocycles. The Balaban J connectivity index is 1.78. The molecular weight excluding hydrogens is 164 g/mol. The van der Waals surface area contributed by atoms with E-state index in [1.165, 1.54) is 25.7 Å². The van der Waals surface area contributed by atoms with Crippen molar-refractivity contribution in [2.75, 3.05) is 0 Å². The summed E-state index contributed by atoms with van der Waals surface area (Å²) >= 11 is 0. The van der Waals surface area contributed by atoms with Crippen molar-refractivity contribution in [3.63, 3.8) is 0 Å². The predicted molar refractivity (Wildman–Crippen MR) is 50.3 cm³/mol. The fourth-order valence-corrected chi connectivity index (χ4v) is 1.84. The molecule has 1 aromatic rings. The number of nitrogens with one attached hydrogen (secondary N) is 1. The van der Waals surface area contributed by atoms with Gasteiger partial charge < -0.3 is 9.73 Å². The Morgan fingerprint density at radius 1 is 1.54 bits per heavy atom. The highest BCUT2D eigenvalue weighted by Gasteiger charge is 2.14. The molecule has 0 atom stereocenters. The summed E-state index contributed by atoms with van der Waals surface area (Å²) in [6.45, 7) is 2.70. The number of aromatic nitrogens is 1. The topological polar surface area (TPSA) is 38.1 Å². The minimum atomic E-state index is 0.687. The zero-order chi connectivity index (χ0) is 9.10. The van der Waals surface area contributed by atoms with E-state index in [0.29, 0.717) is 6.04 Å². The predicted octanol–water partition coefficient (Wildman–Crippen LogP) is 2.02. The maximum Gasteiger partial charge on any atom is 0.208 e. The van der Waals surface area contributed by atoms with Crippen LogP contribution in [-0.4, -0.2) is 11.0 Å². The minimum absolute atomic E-state index is 0.687. The maximum absolute atomic E-state index is 5.37. The van der Waals surface area contributed by atoms with Crippen LogP contribution in [0.5, 0.6) is 0 Å². The Hall–Kier alpha value is -0.830. The second-order valence-corrected chi connectivity index (χ2v) is 3.73. The third kappa shape index (κ3) is 2.31. The lowest BCUT2D eigenvalue weighted by molar-refractivity contribution is 0.422. The molecule has 1 aromatic heterocycles. The van der Waals surface area contributed by atoms with E-state index in [9.17, 15) is 0 Å². The van der Waals surface area contributed by atoms with Gasteiger partial charge in [-0.1, -0.05) is 12.8 Å². The highest BCUT2D eigenvalue weighted by atomic mass is 16.4. The van der Waals surface area contributed by atoms with Crippen molar-refractivity contribution >= 4 is 0 Å². The van der Waals surface area contributed by atoms with Gasteiger partial charge in [0.25, 0.3) is 0 Å². The summed E-state index contributed by atoms with van der Waals surface area (Å²) in [5.74, 6) is 1.70. The summed E-state index contributed by atoms with van der Waals surface area (Å²) in [4.78, 5) is 4.15. The molecule has 0 aliphatic heterocycles. The molecule has 3 heteroatoms. The molecule has 0 bridgehead atoms. The highest BCUT2D eigenvalue weighted by Crippen LogP contribution is 2.17. The molecule has 0 amide bonds. The molecule has 1 N–H and O–H groups in total. The number of rotatable bonds is 3. The molecule has 3 nitrogen and oxygen atoms in total. The smallest absolute Gasteiger partial charge is 0.208 e. The van der Waals surface area contributed by atoms with E-state index in [1.54, 1.807) is 6.20 Å². The first kappa shape index (κ1) is 8.75. The van der Waals surface area contributed by atoms with Crippen LogP contribution in [0.2, 0.25) is 0 Å². The highest BCUT2D eigenvalue weighted by molar-refractivity contribution is 4.90. The van der Waals surface area contributed by atoms with Crippen molar-refractivity contribution < 1.29 is 4.42 Å². The van der Waals surface area contributed by atoms with Gasteiger partial charge in [0, 0.05) is 6.04 Å². The number of aryl methyl sites for hydroxylation is 1. The molecule has 2 rings (SSSR count). The molecule has 0 spiro atoms. The van der Waals surface area contributed by atoms with E-state index in [-0.39, 0.29) is 0 Å². The zero-order valence-corrected chi connectivity index (χ0v) is 8.05. The third-order valence-corrected chi connectivity index (χ3v) is 2.57. The third-order valence-electron chi connectivity index (χ3n) is 2.57. The standard InChI is InChI=1S/C10H16N2O/c1-8-6-12-10(13-8)7-11-9-4-2-3-5-9/h6,9,11H,2-5,7H2,1H3. The van der Waals surface area contributed by atoms with Gasteiger partial charge in [-0.15, -0.1) is 0 Å². The number of nitrogens with zero attached hydrogens (tertiary/aromatic N) is 1. The summed E-state index contributed by atoms with van der Waals surface area (Å²) in [7, 11) is 0. The van der Waals surface area contributed by atoms with Gasteiger partial charge in [-0.2, -0.15) is 0 Å². The van der Waals surface area contributed by atoms with Gasteiger partial charge in [0.05, 0.1) is 12.7 Å². The Morgan fingerprint density at radius 2 is 2.31 bits per heavy atom. The van der Waals surface area contributed by atoms with Crippen molar-refractivity contribution in [1.82, 2.24) is 10.3 Å². The van der Waals surface area contributed by atoms with Crippen LogP contribution in [0.1, 0.15) is 37.3 Å². The van der Waals surface area contributed by atoms with Crippen molar-refractivity contribution in [3.8, 4) is 0 Å². The van der Waals surface area contributed by atoms with Crippen molar-refractivity contribution in [2.45, 2.75) is 45.2 Å². The van der Waals surface area contributed by atoms with E-state index in [4.69, 9.17) is 4.42 Å². The largest absolute Gasteiger partial charge is 0.445 e. The number of oxazole rings is 1. The molecule has 13 heavy (non-hydrogen) atoms. The molecule has 1 saturated carbocycles. The Bertz CT molecular complexity index is 264. The van der Waals surface area contributed by atoms with E-state index >= 15 is 0 Å². The first-order valence-electron chi connectivity index (χ1n) is 4.99. The first-order chi connectivity index (χ1) is 6.34. The SMILES string of the molecule is Cc1cnc(CNC2CCCC2)o1. The molecule has 1 aliphatic rings. The summed E-state index contributed by atoms with van der Waals surface area (Å²) in [5, 5.41) is 3.45. The molecule has 1 heterocycles. The van der Waals surface area contributed by atoms with Gasteiger partial charge in [0.1, 0.15) is 5.76 Å². The molecule has 0 saturated heterocycles. The lowest BCUT2D eigenvalue weighted by atomic mass is 10.2. The lowest BCUT2D eigenvalue weighted by Crippen LogP contribution is -2.25. The number of hydrogen-bond donors (Lipinski definition) is 1. The van der Waals surface area contributed by atoms with Crippen LogP contribution in [-0.2, 0) is 6.54 Å². The normalized spacial score (nSPS) is 18.2. The second kappa shape index (κ2) is 3.92. The van der Waals surface area contributed by atoms with Gasteiger partial charge in [-0.3, -0.25) is 0 Å². The Kier molecular flexibility index (Phi) is 2.64. The van der Waals surface area contributed by atoms with E-state index in [2.05, 4.69) is 10.3 Å². The summed E-state index contributed by atoms with van der Waals surface area (Å²) in [6, 6.07) is 0.687. The fourth-order valence-electron chi connectivity index (χ4n) is 1.84. The quantitative estimate of drug-likeness (QED) is 0.773. The Labute approximate surface area is 78.5 Å². The second-order valence-electron chi connectivity index (χ2n) is 3.73. The summed E-state index contributed by atoms with van der Waals surface area (Å²) in [6.07, 6.45) is 7.11. The van der Waals surface area contributed by atoms with Crippen LogP contribution in [0, 0.1) is 6.92 Å². The van der Waals surface area contributed by atoms with Gasteiger partial charge in [0.15, 0.2) is 0 Å². The van der Waals surface area contributed by atoms with Crippen LogP contribution in [0.25, 0.3) is 0 Å². The maximum atomic E-state index is 5.37. The average Bonchev–Trinajstić information content (AvgIpc) is 2.71.